The van der Waals surface area contributed by atoms with E-state index in [4.69, 9.17) is 0 Å². The van der Waals surface area contributed by atoms with Crippen LogP contribution >= 0.6 is 27.3 Å². The van der Waals surface area contributed by atoms with Gasteiger partial charge in [0.05, 0.1) is 3.79 Å². The lowest BCUT2D eigenvalue weighted by atomic mass is 9.84. The molecule has 0 atom stereocenters. The van der Waals surface area contributed by atoms with Crippen molar-refractivity contribution in [3.63, 3.8) is 0 Å². The fourth-order valence-corrected chi connectivity index (χ4v) is 3.46. The second-order valence-corrected chi connectivity index (χ2v) is 8.40. The summed E-state index contributed by atoms with van der Waals surface area (Å²) in [6.07, 6.45) is 6.57. The Kier molecular flexibility index (Phi) is 4.67. The second kappa shape index (κ2) is 5.85. The van der Waals surface area contributed by atoms with Gasteiger partial charge in [-0.1, -0.05) is 13.8 Å². The van der Waals surface area contributed by atoms with Crippen molar-refractivity contribution in [2.45, 2.75) is 52.0 Å². The molecule has 1 heterocycles. The van der Waals surface area contributed by atoms with Crippen molar-refractivity contribution in [1.82, 2.24) is 5.32 Å². The summed E-state index contributed by atoms with van der Waals surface area (Å²) in [7, 11) is 0. The highest BCUT2D eigenvalue weighted by atomic mass is 79.9. The summed E-state index contributed by atoms with van der Waals surface area (Å²) >= 11 is 5.39. The van der Waals surface area contributed by atoms with E-state index in [0.29, 0.717) is 5.41 Å². The van der Waals surface area contributed by atoms with E-state index in [-0.39, 0.29) is 0 Å². The molecule has 0 spiro atoms. The molecular formula is C14H22BrNS. The number of rotatable bonds is 7. The molecule has 2 rings (SSSR count). The standard InChI is InChI=1S/C14H22BrNS/c1-14(2,9-10-16-11-3-4-11)8-7-12-5-6-13(15)17-12/h5-6,11,16H,3-4,7-10H2,1-2H3. The Morgan fingerprint density at radius 3 is 2.71 bits per heavy atom. The van der Waals surface area contributed by atoms with Crippen molar-refractivity contribution in [1.29, 1.82) is 0 Å². The normalized spacial score (nSPS) is 16.4. The zero-order valence-corrected chi connectivity index (χ0v) is 13.2. The lowest BCUT2D eigenvalue weighted by molar-refractivity contribution is 0.302. The van der Waals surface area contributed by atoms with Crippen LogP contribution in [0.1, 0.15) is 44.4 Å². The van der Waals surface area contributed by atoms with Gasteiger partial charge in [0.25, 0.3) is 0 Å². The fourth-order valence-electron chi connectivity index (χ4n) is 1.97. The zero-order chi connectivity index (χ0) is 12.3. The minimum absolute atomic E-state index is 0.457. The van der Waals surface area contributed by atoms with Crippen molar-refractivity contribution >= 4 is 27.3 Å². The molecular weight excluding hydrogens is 294 g/mol. The molecule has 1 N–H and O–H groups in total. The maximum atomic E-state index is 3.61. The first kappa shape index (κ1) is 13.6. The predicted molar refractivity (Wildman–Crippen MR) is 79.8 cm³/mol. The SMILES string of the molecule is CC(C)(CCNC1CC1)CCc1ccc(Br)s1. The highest BCUT2D eigenvalue weighted by Crippen LogP contribution is 2.30. The summed E-state index contributed by atoms with van der Waals surface area (Å²) in [5.41, 5.74) is 0.457. The summed E-state index contributed by atoms with van der Waals surface area (Å²) < 4.78 is 1.25. The van der Waals surface area contributed by atoms with Crippen LogP contribution in [-0.2, 0) is 6.42 Å². The number of nitrogens with one attached hydrogen (secondary N) is 1. The van der Waals surface area contributed by atoms with E-state index in [1.165, 1.54) is 47.3 Å². The van der Waals surface area contributed by atoms with Gasteiger partial charge in [0.1, 0.15) is 0 Å². The summed E-state index contributed by atoms with van der Waals surface area (Å²) in [4.78, 5) is 1.50. The Labute approximate surface area is 117 Å². The van der Waals surface area contributed by atoms with E-state index in [9.17, 15) is 0 Å². The number of thiophene rings is 1. The molecule has 0 unspecified atom stereocenters. The fraction of sp³-hybridized carbons (Fsp3) is 0.714. The van der Waals surface area contributed by atoms with Crippen molar-refractivity contribution in [2.24, 2.45) is 5.41 Å². The molecule has 1 aromatic rings. The molecule has 0 saturated heterocycles. The highest BCUT2D eigenvalue weighted by Gasteiger charge is 2.22. The molecule has 0 bridgehead atoms. The van der Waals surface area contributed by atoms with Gasteiger partial charge in [-0.25, -0.2) is 0 Å². The van der Waals surface area contributed by atoms with E-state index in [1.807, 2.05) is 11.3 Å². The van der Waals surface area contributed by atoms with E-state index >= 15 is 0 Å². The third-order valence-corrected chi connectivity index (χ3v) is 5.17. The largest absolute Gasteiger partial charge is 0.314 e. The molecule has 3 heteroatoms. The summed E-state index contributed by atoms with van der Waals surface area (Å²) in [6, 6.07) is 5.24. The topological polar surface area (TPSA) is 12.0 Å². The van der Waals surface area contributed by atoms with Crippen molar-refractivity contribution in [3.05, 3.63) is 20.8 Å². The quantitative estimate of drug-likeness (QED) is 0.774. The van der Waals surface area contributed by atoms with Gasteiger partial charge in [-0.15, -0.1) is 11.3 Å². The first-order chi connectivity index (χ1) is 8.05. The van der Waals surface area contributed by atoms with Crippen LogP contribution < -0.4 is 5.32 Å². The molecule has 1 fully saturated rings. The molecule has 0 amide bonds. The van der Waals surface area contributed by atoms with Crippen LogP contribution in [-0.4, -0.2) is 12.6 Å². The van der Waals surface area contributed by atoms with Crippen molar-refractivity contribution < 1.29 is 0 Å². The van der Waals surface area contributed by atoms with E-state index < -0.39 is 0 Å². The van der Waals surface area contributed by atoms with Crippen LogP contribution in [0.5, 0.6) is 0 Å². The van der Waals surface area contributed by atoms with Gasteiger partial charge in [0.2, 0.25) is 0 Å². The summed E-state index contributed by atoms with van der Waals surface area (Å²) in [5.74, 6) is 0. The smallest absolute Gasteiger partial charge is 0.0701 e. The van der Waals surface area contributed by atoms with Gasteiger partial charge < -0.3 is 5.32 Å². The third kappa shape index (κ3) is 5.11. The average molecular weight is 316 g/mol. The van der Waals surface area contributed by atoms with Gasteiger partial charge in [0, 0.05) is 10.9 Å². The summed E-state index contributed by atoms with van der Waals surface area (Å²) in [6.45, 7) is 5.97. The maximum absolute atomic E-state index is 3.61. The minimum atomic E-state index is 0.457. The lowest BCUT2D eigenvalue weighted by Gasteiger charge is -2.24. The summed E-state index contributed by atoms with van der Waals surface area (Å²) in [5, 5.41) is 3.61. The van der Waals surface area contributed by atoms with E-state index in [0.717, 1.165) is 6.04 Å². The predicted octanol–water partition coefficient (Wildman–Crippen LogP) is 4.61. The lowest BCUT2D eigenvalue weighted by Crippen LogP contribution is -2.24. The molecule has 1 aliphatic rings. The third-order valence-electron chi connectivity index (χ3n) is 3.49. The second-order valence-electron chi connectivity index (χ2n) is 5.85. The van der Waals surface area contributed by atoms with E-state index in [2.05, 4.69) is 47.2 Å². The van der Waals surface area contributed by atoms with Crippen LogP contribution in [0.15, 0.2) is 15.9 Å². The van der Waals surface area contributed by atoms with Crippen LogP contribution in [0.2, 0.25) is 0 Å². The Bertz CT molecular complexity index is 355. The monoisotopic (exact) mass is 315 g/mol. The molecule has 17 heavy (non-hydrogen) atoms. The Balaban J connectivity index is 1.68. The number of aryl methyl sites for hydroxylation is 1. The van der Waals surface area contributed by atoms with Crippen molar-refractivity contribution in [2.75, 3.05) is 6.54 Å². The Morgan fingerprint density at radius 1 is 1.35 bits per heavy atom. The van der Waals surface area contributed by atoms with Crippen LogP contribution in [0.4, 0.5) is 0 Å². The maximum Gasteiger partial charge on any atom is 0.0701 e. The zero-order valence-electron chi connectivity index (χ0n) is 10.8. The van der Waals surface area contributed by atoms with Gasteiger partial charge in [-0.05, 0) is 72.1 Å². The number of hydrogen-bond donors (Lipinski definition) is 1. The van der Waals surface area contributed by atoms with Crippen molar-refractivity contribution in [3.8, 4) is 0 Å². The Hall–Kier alpha value is 0.140. The number of hydrogen-bond acceptors (Lipinski definition) is 2. The van der Waals surface area contributed by atoms with Gasteiger partial charge in [0.15, 0.2) is 0 Å². The molecule has 1 aromatic heterocycles. The molecule has 96 valence electrons. The highest BCUT2D eigenvalue weighted by molar-refractivity contribution is 9.11. The molecule has 0 aromatic carbocycles. The molecule has 0 aliphatic heterocycles. The molecule has 1 nitrogen and oxygen atoms in total. The van der Waals surface area contributed by atoms with Gasteiger partial charge in [-0.3, -0.25) is 0 Å². The Morgan fingerprint density at radius 2 is 2.12 bits per heavy atom. The molecule has 1 aliphatic carbocycles. The minimum Gasteiger partial charge on any atom is -0.314 e. The van der Waals surface area contributed by atoms with E-state index in [1.54, 1.807) is 0 Å². The first-order valence-electron chi connectivity index (χ1n) is 6.53. The number of halogens is 1. The average Bonchev–Trinajstić information content (AvgIpc) is 2.98. The molecule has 0 radical (unpaired) electrons. The van der Waals surface area contributed by atoms with Crippen LogP contribution in [0, 0.1) is 5.41 Å². The van der Waals surface area contributed by atoms with Gasteiger partial charge in [-0.2, -0.15) is 0 Å². The van der Waals surface area contributed by atoms with Gasteiger partial charge >= 0.3 is 0 Å². The molecule has 1 saturated carbocycles. The van der Waals surface area contributed by atoms with Crippen LogP contribution in [0.25, 0.3) is 0 Å². The van der Waals surface area contributed by atoms with Crippen LogP contribution in [0.3, 0.4) is 0 Å². The first-order valence-corrected chi connectivity index (χ1v) is 8.14.